The fourth-order valence-corrected chi connectivity index (χ4v) is 4.13. The number of guanidine groups is 1. The van der Waals surface area contributed by atoms with Gasteiger partial charge in [0.2, 0.25) is 0 Å². The van der Waals surface area contributed by atoms with Crippen LogP contribution in [0.4, 0.5) is 0 Å². The predicted molar refractivity (Wildman–Crippen MR) is 128 cm³/mol. The van der Waals surface area contributed by atoms with Crippen molar-refractivity contribution >= 4 is 29.9 Å². The number of hydrogen-bond donors (Lipinski definition) is 2. The lowest BCUT2D eigenvalue weighted by molar-refractivity contribution is 0.0132. The van der Waals surface area contributed by atoms with Gasteiger partial charge in [0.05, 0.1) is 13.2 Å². The summed E-state index contributed by atoms with van der Waals surface area (Å²) in [6.45, 7) is 14.1. The van der Waals surface area contributed by atoms with Gasteiger partial charge < -0.3 is 20.1 Å². The van der Waals surface area contributed by atoms with Gasteiger partial charge in [0.25, 0.3) is 0 Å². The van der Waals surface area contributed by atoms with E-state index in [1.165, 1.54) is 25.7 Å². The quantitative estimate of drug-likeness (QED) is 0.254. The van der Waals surface area contributed by atoms with E-state index < -0.39 is 0 Å². The zero-order valence-corrected chi connectivity index (χ0v) is 20.8. The molecule has 166 valence electrons. The van der Waals surface area contributed by atoms with Gasteiger partial charge in [-0.25, -0.2) is 0 Å². The van der Waals surface area contributed by atoms with Crippen LogP contribution in [0.1, 0.15) is 52.9 Å². The van der Waals surface area contributed by atoms with Crippen LogP contribution in [0.5, 0.6) is 0 Å². The average molecular weight is 511 g/mol. The molecule has 0 aromatic heterocycles. The van der Waals surface area contributed by atoms with Crippen molar-refractivity contribution < 1.29 is 9.47 Å². The largest absolute Gasteiger partial charge is 0.385 e. The molecule has 2 aliphatic rings. The maximum atomic E-state index is 5.54. The van der Waals surface area contributed by atoms with Crippen molar-refractivity contribution in [2.24, 2.45) is 16.3 Å². The van der Waals surface area contributed by atoms with Gasteiger partial charge in [0.1, 0.15) is 0 Å². The van der Waals surface area contributed by atoms with Crippen molar-refractivity contribution in [1.29, 1.82) is 0 Å². The number of aliphatic imine (C=N–C) groups is 1. The highest BCUT2D eigenvalue weighted by molar-refractivity contribution is 14.0. The van der Waals surface area contributed by atoms with Gasteiger partial charge in [-0.3, -0.25) is 9.89 Å². The van der Waals surface area contributed by atoms with Crippen molar-refractivity contribution in [2.45, 2.75) is 58.9 Å². The smallest absolute Gasteiger partial charge is 0.191 e. The second-order valence-corrected chi connectivity index (χ2v) is 8.60. The zero-order valence-electron chi connectivity index (χ0n) is 18.5. The monoisotopic (exact) mass is 510 g/mol. The predicted octanol–water partition coefficient (Wildman–Crippen LogP) is 3.11. The van der Waals surface area contributed by atoms with Crippen LogP contribution >= 0.6 is 24.0 Å². The summed E-state index contributed by atoms with van der Waals surface area (Å²) in [5, 5.41) is 7.06. The number of nitrogens with one attached hydrogen (secondary N) is 2. The molecule has 1 aliphatic carbocycles. The highest BCUT2D eigenvalue weighted by Crippen LogP contribution is 2.44. The Hall–Kier alpha value is -0.120. The van der Waals surface area contributed by atoms with Gasteiger partial charge in [-0.2, -0.15) is 0 Å². The van der Waals surface area contributed by atoms with Gasteiger partial charge in [-0.15, -0.1) is 24.0 Å². The first-order valence-corrected chi connectivity index (χ1v) is 10.9. The first-order valence-electron chi connectivity index (χ1n) is 10.9. The Morgan fingerprint density at radius 2 is 1.93 bits per heavy atom. The van der Waals surface area contributed by atoms with E-state index in [2.05, 4.69) is 36.3 Å². The lowest BCUT2D eigenvalue weighted by atomic mass is 9.67. The second-order valence-electron chi connectivity index (χ2n) is 8.60. The molecule has 1 saturated heterocycles. The molecule has 28 heavy (non-hydrogen) atoms. The number of ether oxygens (including phenoxy) is 2. The summed E-state index contributed by atoms with van der Waals surface area (Å²) in [4.78, 5) is 7.53. The number of halogens is 1. The van der Waals surface area contributed by atoms with Gasteiger partial charge in [0.15, 0.2) is 5.96 Å². The Labute approximate surface area is 189 Å². The van der Waals surface area contributed by atoms with Crippen molar-refractivity contribution in [3.63, 3.8) is 0 Å². The van der Waals surface area contributed by atoms with E-state index in [1.54, 1.807) is 7.11 Å². The van der Waals surface area contributed by atoms with Crippen LogP contribution < -0.4 is 10.6 Å². The van der Waals surface area contributed by atoms with E-state index in [-0.39, 0.29) is 24.0 Å². The zero-order chi connectivity index (χ0) is 19.5. The average Bonchev–Trinajstić information content (AvgIpc) is 2.64. The highest BCUT2D eigenvalue weighted by atomic mass is 127. The van der Waals surface area contributed by atoms with Crippen molar-refractivity contribution in [1.82, 2.24) is 15.5 Å². The molecule has 1 heterocycles. The van der Waals surface area contributed by atoms with Crippen LogP contribution in [0.3, 0.4) is 0 Å². The summed E-state index contributed by atoms with van der Waals surface area (Å²) in [5.41, 5.74) is 0.361. The molecule has 1 atom stereocenters. The number of methoxy groups -OCH3 is 1. The summed E-state index contributed by atoms with van der Waals surface area (Å²) in [7, 11) is 1.79. The summed E-state index contributed by atoms with van der Waals surface area (Å²) in [5.74, 6) is 1.65. The minimum atomic E-state index is 0. The summed E-state index contributed by atoms with van der Waals surface area (Å²) in [6, 6.07) is 0.531. The van der Waals surface area contributed by atoms with Gasteiger partial charge in [-0.1, -0.05) is 20.3 Å². The first kappa shape index (κ1) is 25.9. The molecule has 6 nitrogen and oxygen atoms in total. The van der Waals surface area contributed by atoms with Crippen LogP contribution in [0.15, 0.2) is 4.99 Å². The van der Waals surface area contributed by atoms with E-state index in [0.717, 1.165) is 64.9 Å². The molecule has 2 fully saturated rings. The Morgan fingerprint density at radius 3 is 2.46 bits per heavy atom. The maximum absolute atomic E-state index is 5.54. The third-order valence-electron chi connectivity index (χ3n) is 5.98. The highest BCUT2D eigenvalue weighted by Gasteiger charge is 2.36. The first-order chi connectivity index (χ1) is 13.1. The molecular formula is C21H43IN4O2. The molecule has 1 aliphatic heterocycles. The lowest BCUT2D eigenvalue weighted by Crippen LogP contribution is -2.51. The Morgan fingerprint density at radius 1 is 1.21 bits per heavy atom. The third kappa shape index (κ3) is 8.71. The van der Waals surface area contributed by atoms with E-state index >= 15 is 0 Å². The van der Waals surface area contributed by atoms with E-state index in [0.29, 0.717) is 17.4 Å². The minimum absolute atomic E-state index is 0. The maximum Gasteiger partial charge on any atom is 0.191 e. The van der Waals surface area contributed by atoms with Crippen LogP contribution in [-0.4, -0.2) is 76.6 Å². The molecule has 0 aromatic carbocycles. The third-order valence-corrected chi connectivity index (χ3v) is 5.98. The molecule has 1 saturated carbocycles. The van der Waals surface area contributed by atoms with Crippen LogP contribution in [-0.2, 0) is 9.47 Å². The normalized spacial score (nSPS) is 21.0. The molecule has 0 spiro atoms. The van der Waals surface area contributed by atoms with Gasteiger partial charge in [-0.05, 0) is 43.9 Å². The molecule has 0 amide bonds. The number of nitrogens with zero attached hydrogens (tertiary/aromatic N) is 2. The Kier molecular flexibility index (Phi) is 12.9. The topological polar surface area (TPSA) is 58.1 Å². The summed E-state index contributed by atoms with van der Waals surface area (Å²) >= 11 is 0. The number of hydrogen-bond acceptors (Lipinski definition) is 4. The number of rotatable bonds is 11. The minimum Gasteiger partial charge on any atom is -0.385 e. The fraction of sp³-hybridized carbons (Fsp3) is 0.952. The summed E-state index contributed by atoms with van der Waals surface area (Å²) < 4.78 is 10.9. The molecule has 7 heteroatoms. The Balaban J connectivity index is 0.00000392. The van der Waals surface area contributed by atoms with Crippen molar-refractivity contribution in [3.8, 4) is 0 Å². The lowest BCUT2D eigenvalue weighted by Gasteiger charge is -2.41. The summed E-state index contributed by atoms with van der Waals surface area (Å²) in [6.07, 6.45) is 6.21. The van der Waals surface area contributed by atoms with Crippen LogP contribution in [0.2, 0.25) is 0 Å². The van der Waals surface area contributed by atoms with Crippen molar-refractivity contribution in [3.05, 3.63) is 0 Å². The molecule has 0 bridgehead atoms. The van der Waals surface area contributed by atoms with Gasteiger partial charge in [0, 0.05) is 52.5 Å². The SMILES string of the molecule is CCNC(=NCC1(CCOC)CCC1)NCC(CC(C)C)N1CCOCC1.I. The number of morpholine rings is 1. The standard InChI is InChI=1S/C21H42N4O2.HI/c1-5-22-20(24-17-21(7-6-8-21)9-12-26-4)23-16-19(15-18(2)3)25-10-13-27-14-11-25;/h18-19H,5-17H2,1-4H3,(H2,22,23,24);1H. The van der Waals surface area contributed by atoms with Crippen LogP contribution in [0.25, 0.3) is 0 Å². The van der Waals surface area contributed by atoms with E-state index in [9.17, 15) is 0 Å². The van der Waals surface area contributed by atoms with E-state index in [1.807, 2.05) is 0 Å². The van der Waals surface area contributed by atoms with Gasteiger partial charge >= 0.3 is 0 Å². The molecule has 0 radical (unpaired) electrons. The molecule has 1 unspecified atom stereocenters. The van der Waals surface area contributed by atoms with Crippen molar-refractivity contribution in [2.75, 3.05) is 59.7 Å². The second kappa shape index (κ2) is 14.0. The Bertz CT molecular complexity index is 438. The molecule has 2 rings (SSSR count). The molecule has 2 N–H and O–H groups in total. The molecule has 0 aromatic rings. The van der Waals surface area contributed by atoms with Crippen LogP contribution in [0, 0.1) is 11.3 Å². The molecular weight excluding hydrogens is 467 g/mol. The fourth-order valence-electron chi connectivity index (χ4n) is 4.13. The van der Waals surface area contributed by atoms with E-state index in [4.69, 9.17) is 14.5 Å².